The summed E-state index contributed by atoms with van der Waals surface area (Å²) in [6.45, 7) is 6.03. The summed E-state index contributed by atoms with van der Waals surface area (Å²) < 4.78 is 18.3. The molecule has 0 bridgehead atoms. The first-order valence-corrected chi connectivity index (χ1v) is 8.50. The first-order valence-electron chi connectivity index (χ1n) is 8.50. The fourth-order valence-electron chi connectivity index (χ4n) is 2.40. The number of hydrogen-bond donors (Lipinski definition) is 1. The predicted octanol–water partition coefficient (Wildman–Crippen LogP) is 3.71. The molecule has 0 aliphatic rings. The molecule has 2 amide bonds. The Morgan fingerprint density at radius 3 is 2.23 bits per heavy atom. The zero-order chi connectivity index (χ0) is 19.1. The van der Waals surface area contributed by atoms with Crippen molar-refractivity contribution in [2.75, 3.05) is 18.5 Å². The van der Waals surface area contributed by atoms with E-state index in [0.29, 0.717) is 23.6 Å². The average Bonchev–Trinajstić information content (AvgIpc) is 2.62. The van der Waals surface area contributed by atoms with Crippen LogP contribution in [-0.2, 0) is 4.79 Å². The molecule has 0 spiro atoms. The Kier molecular flexibility index (Phi) is 6.72. The quantitative estimate of drug-likeness (QED) is 0.821. The average molecular weight is 358 g/mol. The summed E-state index contributed by atoms with van der Waals surface area (Å²) in [6, 6.07) is 12.1. The van der Waals surface area contributed by atoms with Crippen LogP contribution in [0.5, 0.6) is 5.75 Å². The van der Waals surface area contributed by atoms with E-state index in [2.05, 4.69) is 5.32 Å². The van der Waals surface area contributed by atoms with Crippen LogP contribution in [0.2, 0.25) is 0 Å². The van der Waals surface area contributed by atoms with Crippen LogP contribution in [0, 0.1) is 5.82 Å². The first-order chi connectivity index (χ1) is 12.4. The number of ether oxygens (including phenoxy) is 1. The van der Waals surface area contributed by atoms with Gasteiger partial charge in [-0.1, -0.05) is 0 Å². The predicted molar refractivity (Wildman–Crippen MR) is 98.8 cm³/mol. The van der Waals surface area contributed by atoms with Crippen molar-refractivity contribution in [3.05, 3.63) is 59.9 Å². The maximum absolute atomic E-state index is 12.9. The van der Waals surface area contributed by atoms with Crippen LogP contribution in [0.1, 0.15) is 31.1 Å². The molecule has 1 N–H and O–H groups in total. The van der Waals surface area contributed by atoms with Crippen molar-refractivity contribution in [1.29, 1.82) is 0 Å². The molecule has 0 saturated carbocycles. The molecular formula is C20H23FN2O3. The second kappa shape index (κ2) is 8.99. The highest BCUT2D eigenvalue weighted by molar-refractivity contribution is 5.99. The minimum Gasteiger partial charge on any atom is -0.494 e. The number of amides is 2. The maximum Gasteiger partial charge on any atom is 0.254 e. The third kappa shape index (κ3) is 5.31. The Hall–Kier alpha value is -2.89. The number of halogens is 1. The molecule has 0 saturated heterocycles. The third-order valence-electron chi connectivity index (χ3n) is 3.74. The lowest BCUT2D eigenvalue weighted by Gasteiger charge is -2.26. The van der Waals surface area contributed by atoms with Crippen LogP contribution in [-0.4, -0.2) is 35.9 Å². The lowest BCUT2D eigenvalue weighted by Crippen LogP contribution is -2.42. The molecule has 0 aliphatic heterocycles. The molecule has 0 radical (unpaired) electrons. The molecule has 0 aromatic heterocycles. The highest BCUT2D eigenvalue weighted by Crippen LogP contribution is 2.15. The molecule has 5 nitrogen and oxygen atoms in total. The van der Waals surface area contributed by atoms with E-state index < -0.39 is 0 Å². The van der Waals surface area contributed by atoms with E-state index in [9.17, 15) is 14.0 Å². The van der Waals surface area contributed by atoms with Gasteiger partial charge in [-0.15, -0.1) is 0 Å². The van der Waals surface area contributed by atoms with E-state index in [1.165, 1.54) is 29.2 Å². The number of hydrogen-bond acceptors (Lipinski definition) is 3. The highest BCUT2D eigenvalue weighted by atomic mass is 19.1. The van der Waals surface area contributed by atoms with E-state index in [-0.39, 0.29) is 30.2 Å². The van der Waals surface area contributed by atoms with Crippen molar-refractivity contribution in [2.24, 2.45) is 0 Å². The molecule has 138 valence electrons. The van der Waals surface area contributed by atoms with E-state index in [1.54, 1.807) is 24.3 Å². The van der Waals surface area contributed by atoms with Crippen LogP contribution in [0.25, 0.3) is 0 Å². The molecule has 2 aromatic carbocycles. The van der Waals surface area contributed by atoms with Gasteiger partial charge in [-0.3, -0.25) is 9.59 Å². The fourth-order valence-corrected chi connectivity index (χ4v) is 2.40. The van der Waals surface area contributed by atoms with Crippen LogP contribution in [0.15, 0.2) is 48.5 Å². The summed E-state index contributed by atoms with van der Waals surface area (Å²) >= 11 is 0. The fraction of sp³-hybridized carbons (Fsp3) is 0.300. The third-order valence-corrected chi connectivity index (χ3v) is 3.74. The van der Waals surface area contributed by atoms with Gasteiger partial charge in [-0.25, -0.2) is 4.39 Å². The first kappa shape index (κ1) is 19.4. The summed E-state index contributed by atoms with van der Waals surface area (Å²) in [5.74, 6) is -0.270. The van der Waals surface area contributed by atoms with Crippen LogP contribution >= 0.6 is 0 Å². The van der Waals surface area contributed by atoms with Gasteiger partial charge in [-0.2, -0.15) is 0 Å². The van der Waals surface area contributed by atoms with Crippen molar-refractivity contribution in [2.45, 2.75) is 26.8 Å². The van der Waals surface area contributed by atoms with Gasteiger partial charge in [0.1, 0.15) is 18.1 Å². The second-order valence-corrected chi connectivity index (χ2v) is 6.04. The SMILES string of the molecule is CCOc1ccc(C(=O)N(CC(=O)Nc2ccc(F)cc2)C(C)C)cc1. The number of carbonyl (C=O) groups excluding carboxylic acids is 2. The standard InChI is InChI=1S/C20H23FN2O3/c1-4-26-18-11-5-15(6-12-18)20(25)23(14(2)3)13-19(24)22-17-9-7-16(21)8-10-17/h5-12,14H,4,13H2,1-3H3,(H,22,24). The number of anilines is 1. The number of carbonyl (C=O) groups is 2. The Balaban J connectivity index is 2.05. The van der Waals surface area contributed by atoms with Gasteiger partial charge >= 0.3 is 0 Å². The number of rotatable bonds is 7. The van der Waals surface area contributed by atoms with Gasteiger partial charge in [0, 0.05) is 17.3 Å². The largest absolute Gasteiger partial charge is 0.494 e. The van der Waals surface area contributed by atoms with Crippen molar-refractivity contribution in [3.63, 3.8) is 0 Å². The Bertz CT molecular complexity index is 743. The molecule has 6 heteroatoms. The normalized spacial score (nSPS) is 10.5. The Morgan fingerprint density at radius 1 is 1.08 bits per heavy atom. The molecular weight excluding hydrogens is 335 g/mol. The van der Waals surface area contributed by atoms with E-state index >= 15 is 0 Å². The molecule has 0 atom stereocenters. The van der Waals surface area contributed by atoms with Crippen molar-refractivity contribution in [3.8, 4) is 5.75 Å². The number of nitrogens with zero attached hydrogens (tertiary/aromatic N) is 1. The highest BCUT2D eigenvalue weighted by Gasteiger charge is 2.21. The van der Waals surface area contributed by atoms with Crippen LogP contribution in [0.3, 0.4) is 0 Å². The lowest BCUT2D eigenvalue weighted by molar-refractivity contribution is -0.117. The van der Waals surface area contributed by atoms with E-state index in [0.717, 1.165) is 0 Å². The van der Waals surface area contributed by atoms with Crippen molar-refractivity contribution >= 4 is 17.5 Å². The molecule has 0 aliphatic carbocycles. The monoisotopic (exact) mass is 358 g/mol. The maximum atomic E-state index is 12.9. The minimum absolute atomic E-state index is 0.0961. The second-order valence-electron chi connectivity index (χ2n) is 6.04. The molecule has 26 heavy (non-hydrogen) atoms. The number of benzene rings is 2. The summed E-state index contributed by atoms with van der Waals surface area (Å²) in [5, 5.41) is 2.67. The van der Waals surface area contributed by atoms with Crippen molar-refractivity contribution in [1.82, 2.24) is 4.90 Å². The van der Waals surface area contributed by atoms with E-state index in [4.69, 9.17) is 4.74 Å². The molecule has 2 aromatic rings. The van der Waals surface area contributed by atoms with Gasteiger partial charge in [0.2, 0.25) is 5.91 Å². The Morgan fingerprint density at radius 2 is 1.69 bits per heavy atom. The van der Waals surface area contributed by atoms with Gasteiger partial charge in [-0.05, 0) is 69.3 Å². The van der Waals surface area contributed by atoms with Crippen LogP contribution in [0.4, 0.5) is 10.1 Å². The summed E-state index contributed by atoms with van der Waals surface area (Å²) in [5.41, 5.74) is 0.963. The lowest BCUT2D eigenvalue weighted by atomic mass is 10.1. The van der Waals surface area contributed by atoms with E-state index in [1.807, 2.05) is 20.8 Å². The molecule has 0 unspecified atom stereocenters. The van der Waals surface area contributed by atoms with Crippen LogP contribution < -0.4 is 10.1 Å². The molecule has 2 rings (SSSR count). The minimum atomic E-state index is -0.377. The van der Waals surface area contributed by atoms with Gasteiger partial charge < -0.3 is 15.0 Å². The van der Waals surface area contributed by atoms with Gasteiger partial charge in [0.05, 0.1) is 6.61 Å². The Labute approximate surface area is 152 Å². The summed E-state index contributed by atoms with van der Waals surface area (Å²) in [6.07, 6.45) is 0. The molecule has 0 heterocycles. The van der Waals surface area contributed by atoms with Gasteiger partial charge in [0.15, 0.2) is 0 Å². The smallest absolute Gasteiger partial charge is 0.254 e. The number of nitrogens with one attached hydrogen (secondary N) is 1. The van der Waals surface area contributed by atoms with Gasteiger partial charge in [0.25, 0.3) is 5.91 Å². The zero-order valence-electron chi connectivity index (χ0n) is 15.2. The summed E-state index contributed by atoms with van der Waals surface area (Å²) in [7, 11) is 0. The molecule has 0 fully saturated rings. The topological polar surface area (TPSA) is 58.6 Å². The van der Waals surface area contributed by atoms with Crippen molar-refractivity contribution < 1.29 is 18.7 Å². The summed E-state index contributed by atoms with van der Waals surface area (Å²) in [4.78, 5) is 26.5. The zero-order valence-corrected chi connectivity index (χ0v) is 15.2.